The maximum atomic E-state index is 10.6. The number of hydrogen-bond acceptors (Lipinski definition) is 3. The topological polar surface area (TPSA) is 51.9 Å². The molecule has 1 heterocycles. The second-order valence-electron chi connectivity index (χ2n) is 7.92. The van der Waals surface area contributed by atoms with E-state index in [1.165, 1.54) is 0 Å². The van der Waals surface area contributed by atoms with Crippen LogP contribution in [-0.4, -0.2) is 17.1 Å². The highest BCUT2D eigenvalue weighted by atomic mass is 35.5. The van der Waals surface area contributed by atoms with E-state index in [0.29, 0.717) is 27.1 Å². The van der Waals surface area contributed by atoms with Crippen molar-refractivity contribution in [2.24, 2.45) is 0 Å². The number of halogens is 2. The van der Waals surface area contributed by atoms with E-state index in [4.69, 9.17) is 23.2 Å². The molecule has 4 rings (SSSR count). The summed E-state index contributed by atoms with van der Waals surface area (Å²) in [5.41, 5.74) is 3.47. The number of aromatic amines is 1. The van der Waals surface area contributed by atoms with Gasteiger partial charge in [0.15, 0.2) is 5.69 Å². The third-order valence-corrected chi connectivity index (χ3v) is 6.47. The summed E-state index contributed by atoms with van der Waals surface area (Å²) in [7, 11) is 1.91. The molecule has 164 valence electrons. The van der Waals surface area contributed by atoms with Gasteiger partial charge in [0.2, 0.25) is 0 Å². The number of imidazole rings is 1. The van der Waals surface area contributed by atoms with Crippen LogP contribution in [0.1, 0.15) is 19.5 Å². The highest BCUT2D eigenvalue weighted by Gasteiger charge is 2.30. The molecular weight excluding hydrogens is 461 g/mol. The first-order chi connectivity index (χ1) is 15.3. The average Bonchev–Trinajstić information content (AvgIpc) is 3.20. The molecule has 0 atom stereocenters. The Labute approximate surface area is 202 Å². The third-order valence-electron chi connectivity index (χ3n) is 5.14. The minimum Gasteiger partial charge on any atom is -0.382 e. The number of hydrogen-bond donors (Lipinski definition) is 3. The number of nitrogens with one attached hydrogen (secondary N) is 2. The lowest BCUT2D eigenvalue weighted by atomic mass is 10.1. The van der Waals surface area contributed by atoms with Crippen LogP contribution in [0.3, 0.4) is 0 Å². The molecular formula is C25H24Cl2N3OS+. The van der Waals surface area contributed by atoms with Crippen LogP contribution in [0, 0.1) is 0 Å². The van der Waals surface area contributed by atoms with Crippen molar-refractivity contribution in [2.75, 3.05) is 7.05 Å². The zero-order chi connectivity index (χ0) is 22.9. The average molecular weight is 485 g/mol. The van der Waals surface area contributed by atoms with Crippen LogP contribution < -0.4 is 9.29 Å². The zero-order valence-corrected chi connectivity index (χ0v) is 20.3. The molecule has 32 heavy (non-hydrogen) atoms. The van der Waals surface area contributed by atoms with Gasteiger partial charge in [0.1, 0.15) is 23.0 Å². The first-order valence-electron chi connectivity index (χ1n) is 10.1. The molecule has 0 unspecified atom stereocenters. The Morgan fingerprint density at radius 3 is 2.22 bits per heavy atom. The van der Waals surface area contributed by atoms with Gasteiger partial charge in [-0.1, -0.05) is 53.5 Å². The Bertz CT molecular complexity index is 1230. The quantitative estimate of drug-likeness (QED) is 0.219. The van der Waals surface area contributed by atoms with Gasteiger partial charge in [-0.25, -0.2) is 4.98 Å². The molecule has 0 amide bonds. The number of H-pyrrole nitrogens is 1. The van der Waals surface area contributed by atoms with Crippen LogP contribution in [0.25, 0.3) is 28.2 Å². The maximum absolute atomic E-state index is 10.6. The van der Waals surface area contributed by atoms with Gasteiger partial charge in [-0.3, -0.25) is 4.72 Å². The van der Waals surface area contributed by atoms with Gasteiger partial charge in [0, 0.05) is 4.90 Å². The first-order valence-corrected chi connectivity index (χ1v) is 11.7. The molecule has 0 aliphatic carbocycles. The van der Waals surface area contributed by atoms with Gasteiger partial charge < -0.3 is 5.11 Å². The predicted molar refractivity (Wildman–Crippen MR) is 133 cm³/mol. The molecule has 4 nitrogen and oxygen atoms in total. The van der Waals surface area contributed by atoms with E-state index in [0.717, 1.165) is 21.7 Å². The van der Waals surface area contributed by atoms with Gasteiger partial charge in [0.05, 0.1) is 10.0 Å². The molecule has 0 aliphatic heterocycles. The Hall–Kier alpha value is -2.28. The smallest absolute Gasteiger partial charge is 0.295 e. The van der Waals surface area contributed by atoms with E-state index >= 15 is 0 Å². The molecule has 1 aromatic heterocycles. The molecule has 0 aliphatic rings. The van der Waals surface area contributed by atoms with Gasteiger partial charge in [-0.05, 0) is 80.4 Å². The van der Waals surface area contributed by atoms with E-state index < -0.39 is 5.60 Å². The number of benzene rings is 3. The van der Waals surface area contributed by atoms with E-state index in [-0.39, 0.29) is 0 Å². The number of nitrogens with zero attached hydrogens (tertiary/aromatic N) is 1. The SMILES string of the molecule is CNSc1cccc(-c2ccc(-[n+]3cc(C(C)(C)O)[nH]c3-c3c(Cl)cccc3Cl)cc2)c1. The molecule has 0 bridgehead atoms. The molecule has 4 aromatic rings. The van der Waals surface area contributed by atoms with Crippen LogP contribution in [0.4, 0.5) is 0 Å². The number of aliphatic hydroxyl groups is 1. The highest BCUT2D eigenvalue weighted by Crippen LogP contribution is 2.34. The second kappa shape index (κ2) is 9.30. The van der Waals surface area contributed by atoms with Crippen molar-refractivity contribution in [3.8, 4) is 28.2 Å². The molecule has 0 radical (unpaired) electrons. The summed E-state index contributed by atoms with van der Waals surface area (Å²) in [6.07, 6.45) is 1.88. The second-order valence-corrected chi connectivity index (χ2v) is 9.82. The fraction of sp³-hybridized carbons (Fsp3) is 0.160. The highest BCUT2D eigenvalue weighted by molar-refractivity contribution is 7.97. The molecule has 0 spiro atoms. The zero-order valence-electron chi connectivity index (χ0n) is 18.0. The summed E-state index contributed by atoms with van der Waals surface area (Å²) in [5.74, 6) is 0.706. The van der Waals surface area contributed by atoms with E-state index in [1.807, 2.05) is 36.0 Å². The Kier molecular flexibility index (Phi) is 6.65. The van der Waals surface area contributed by atoms with E-state index in [9.17, 15) is 5.11 Å². The van der Waals surface area contributed by atoms with Crippen LogP contribution in [0.15, 0.2) is 77.8 Å². The first kappa shape index (κ1) is 22.9. The maximum Gasteiger partial charge on any atom is 0.295 e. The van der Waals surface area contributed by atoms with Gasteiger partial charge in [0.25, 0.3) is 5.82 Å². The molecule has 3 N–H and O–H groups in total. The number of rotatable bonds is 6. The minimum absolute atomic E-state index is 0.533. The van der Waals surface area contributed by atoms with Crippen molar-refractivity contribution < 1.29 is 9.67 Å². The van der Waals surface area contributed by atoms with Gasteiger partial charge in [-0.2, -0.15) is 4.57 Å². The van der Waals surface area contributed by atoms with Crippen LogP contribution in [0.2, 0.25) is 10.0 Å². The van der Waals surface area contributed by atoms with Crippen molar-refractivity contribution >= 4 is 35.1 Å². The van der Waals surface area contributed by atoms with Crippen LogP contribution in [0.5, 0.6) is 0 Å². The van der Waals surface area contributed by atoms with Crippen molar-refractivity contribution in [3.63, 3.8) is 0 Å². The largest absolute Gasteiger partial charge is 0.382 e. The summed E-state index contributed by atoms with van der Waals surface area (Å²) in [6, 6.07) is 22.1. The van der Waals surface area contributed by atoms with Crippen molar-refractivity contribution in [2.45, 2.75) is 24.3 Å². The summed E-state index contributed by atoms with van der Waals surface area (Å²) in [4.78, 5) is 4.47. The van der Waals surface area contributed by atoms with Crippen LogP contribution in [-0.2, 0) is 5.60 Å². The molecule has 0 saturated heterocycles. The van der Waals surface area contributed by atoms with E-state index in [1.54, 1.807) is 37.9 Å². The lowest BCUT2D eigenvalue weighted by Gasteiger charge is -2.10. The third kappa shape index (κ3) is 4.72. The van der Waals surface area contributed by atoms with Crippen molar-refractivity contribution in [3.05, 3.63) is 88.7 Å². The molecule has 3 aromatic carbocycles. The van der Waals surface area contributed by atoms with Gasteiger partial charge >= 0.3 is 0 Å². The summed E-state index contributed by atoms with van der Waals surface area (Å²) < 4.78 is 5.08. The summed E-state index contributed by atoms with van der Waals surface area (Å²) >= 11 is 14.6. The fourth-order valence-corrected chi connectivity index (χ4v) is 4.65. The molecule has 0 saturated carbocycles. The van der Waals surface area contributed by atoms with Crippen molar-refractivity contribution in [1.29, 1.82) is 0 Å². The fourth-order valence-electron chi connectivity index (χ4n) is 3.51. The van der Waals surface area contributed by atoms with Gasteiger partial charge in [-0.15, -0.1) is 0 Å². The Morgan fingerprint density at radius 1 is 0.938 bits per heavy atom. The monoisotopic (exact) mass is 484 g/mol. The van der Waals surface area contributed by atoms with E-state index in [2.05, 4.69) is 46.1 Å². The van der Waals surface area contributed by atoms with Crippen molar-refractivity contribution in [1.82, 2.24) is 9.71 Å². The predicted octanol–water partition coefficient (Wildman–Crippen LogP) is 6.39. The Balaban J connectivity index is 1.80. The van der Waals surface area contributed by atoms with Crippen LogP contribution >= 0.6 is 35.1 Å². The minimum atomic E-state index is -1.06. The standard InChI is InChI=1S/C25H23Cl2N3OS/c1-25(2,31)22-15-30(24(29-22)23-20(26)8-5-9-21(23)27)18-12-10-16(11-13-18)17-6-4-7-19(14-17)32-28-3/h4-15,28,31H,1-3H3/p+1. The lowest BCUT2D eigenvalue weighted by molar-refractivity contribution is -0.582. The molecule has 7 heteroatoms. The normalized spacial score (nSPS) is 11.7. The Morgan fingerprint density at radius 2 is 1.59 bits per heavy atom. The number of aromatic nitrogens is 2. The molecule has 0 fully saturated rings. The lowest BCUT2D eigenvalue weighted by Crippen LogP contribution is -2.31. The summed E-state index contributed by atoms with van der Waals surface area (Å²) in [5, 5.41) is 11.7. The summed E-state index contributed by atoms with van der Waals surface area (Å²) in [6.45, 7) is 3.47.